The molecule has 24 heavy (non-hydrogen) atoms. The number of rotatable bonds is 5. The van der Waals surface area contributed by atoms with Gasteiger partial charge in [0.2, 0.25) is 5.91 Å². The van der Waals surface area contributed by atoms with Gasteiger partial charge in [0, 0.05) is 44.7 Å². The highest BCUT2D eigenvalue weighted by molar-refractivity contribution is 5.77. The van der Waals surface area contributed by atoms with Gasteiger partial charge in [0.25, 0.3) is 0 Å². The first kappa shape index (κ1) is 16.3. The zero-order valence-electron chi connectivity index (χ0n) is 13.6. The molecule has 1 fully saturated rings. The summed E-state index contributed by atoms with van der Waals surface area (Å²) in [6, 6.07) is 0. The second-order valence-electron chi connectivity index (χ2n) is 5.63. The van der Waals surface area contributed by atoms with Crippen molar-refractivity contribution in [2.75, 3.05) is 32.1 Å². The molecule has 3 heterocycles. The number of hydrogen-bond donors (Lipinski definition) is 1. The summed E-state index contributed by atoms with van der Waals surface area (Å²) in [5.74, 6) is 1.61. The molecule has 3 rings (SSSR count). The van der Waals surface area contributed by atoms with Crippen LogP contribution in [0.5, 0.6) is 0 Å². The summed E-state index contributed by atoms with van der Waals surface area (Å²) in [5, 5.41) is 3.10. The normalized spacial score (nSPS) is 15.3. The molecule has 1 N–H and O–H groups in total. The van der Waals surface area contributed by atoms with Gasteiger partial charge in [-0.3, -0.25) is 14.8 Å². The van der Waals surface area contributed by atoms with Gasteiger partial charge in [-0.15, -0.1) is 0 Å². The van der Waals surface area contributed by atoms with Gasteiger partial charge >= 0.3 is 0 Å². The van der Waals surface area contributed by atoms with Crippen LogP contribution in [0.3, 0.4) is 0 Å². The van der Waals surface area contributed by atoms with Crippen LogP contribution in [0.4, 0.5) is 11.6 Å². The number of aromatic nitrogens is 4. The Morgan fingerprint density at radius 1 is 1.21 bits per heavy atom. The number of amides is 1. The summed E-state index contributed by atoms with van der Waals surface area (Å²) < 4.78 is 4.91. The van der Waals surface area contributed by atoms with E-state index in [1.54, 1.807) is 31.0 Å². The minimum Gasteiger partial charge on any atom is -0.375 e. The molecule has 0 saturated carbocycles. The van der Waals surface area contributed by atoms with E-state index in [2.05, 4.69) is 25.3 Å². The van der Waals surface area contributed by atoms with Crippen molar-refractivity contribution in [3.8, 4) is 0 Å². The van der Waals surface area contributed by atoms with Crippen LogP contribution in [-0.4, -0.2) is 57.5 Å². The molecule has 126 valence electrons. The number of nitrogens with one attached hydrogen (secondary N) is 1. The van der Waals surface area contributed by atoms with Crippen molar-refractivity contribution < 1.29 is 9.53 Å². The third-order valence-electron chi connectivity index (χ3n) is 4.01. The second-order valence-corrected chi connectivity index (χ2v) is 5.63. The van der Waals surface area contributed by atoms with Gasteiger partial charge in [-0.1, -0.05) is 0 Å². The van der Waals surface area contributed by atoms with E-state index in [9.17, 15) is 4.79 Å². The fourth-order valence-electron chi connectivity index (χ4n) is 2.77. The number of likely N-dealkylation sites (tertiary alicyclic amines) is 1. The second kappa shape index (κ2) is 7.78. The number of anilines is 2. The van der Waals surface area contributed by atoms with E-state index < -0.39 is 0 Å². The molecule has 2 aromatic rings. The Kier molecular flexibility index (Phi) is 5.27. The van der Waals surface area contributed by atoms with Crippen molar-refractivity contribution in [1.29, 1.82) is 0 Å². The third-order valence-corrected chi connectivity index (χ3v) is 4.01. The first-order valence-corrected chi connectivity index (χ1v) is 7.88. The van der Waals surface area contributed by atoms with Crippen LogP contribution < -0.4 is 5.32 Å². The molecule has 0 radical (unpaired) electrons. The van der Waals surface area contributed by atoms with E-state index in [0.29, 0.717) is 17.6 Å². The van der Waals surface area contributed by atoms with Crippen molar-refractivity contribution in [2.24, 2.45) is 0 Å². The molecule has 0 spiro atoms. The molecular formula is C16H20N6O2. The number of carbonyl (C=O) groups is 1. The molecule has 0 atom stereocenters. The van der Waals surface area contributed by atoms with Crippen LogP contribution in [0.1, 0.15) is 24.5 Å². The topological polar surface area (TPSA) is 93.1 Å². The molecule has 1 amide bonds. The van der Waals surface area contributed by atoms with E-state index in [1.807, 2.05) is 4.90 Å². The van der Waals surface area contributed by atoms with Crippen LogP contribution in [-0.2, 0) is 9.53 Å². The zero-order valence-corrected chi connectivity index (χ0v) is 13.6. The molecule has 0 aliphatic carbocycles. The highest BCUT2D eigenvalue weighted by Gasteiger charge is 2.24. The van der Waals surface area contributed by atoms with Crippen molar-refractivity contribution in [1.82, 2.24) is 24.8 Å². The van der Waals surface area contributed by atoms with Gasteiger partial charge in [-0.05, 0) is 12.8 Å². The summed E-state index contributed by atoms with van der Waals surface area (Å²) >= 11 is 0. The molecule has 1 aliphatic rings. The Morgan fingerprint density at radius 3 is 2.71 bits per heavy atom. The quantitative estimate of drug-likeness (QED) is 0.885. The molecule has 8 heteroatoms. The summed E-state index contributed by atoms with van der Waals surface area (Å²) in [4.78, 5) is 30.8. The zero-order chi connectivity index (χ0) is 16.8. The van der Waals surface area contributed by atoms with Gasteiger partial charge in [0.15, 0.2) is 0 Å². The van der Waals surface area contributed by atoms with E-state index in [1.165, 1.54) is 7.11 Å². The number of methoxy groups -OCH3 is 1. The SMILES string of the molecule is COCC(=O)N1CCC(c2cncc(Nc3cnccn3)n2)CC1. The molecular weight excluding hydrogens is 308 g/mol. The lowest BCUT2D eigenvalue weighted by atomic mass is 9.94. The summed E-state index contributed by atoms with van der Waals surface area (Å²) in [5.41, 5.74) is 0.933. The number of piperidine rings is 1. The van der Waals surface area contributed by atoms with Crippen LogP contribution in [0.25, 0.3) is 0 Å². The maximum absolute atomic E-state index is 11.8. The lowest BCUT2D eigenvalue weighted by Gasteiger charge is -2.31. The Morgan fingerprint density at radius 2 is 2.00 bits per heavy atom. The predicted octanol–water partition coefficient (Wildman–Crippen LogP) is 1.36. The summed E-state index contributed by atoms with van der Waals surface area (Å²) in [6.07, 6.45) is 10.1. The third kappa shape index (κ3) is 4.02. The molecule has 0 unspecified atom stereocenters. The maximum Gasteiger partial charge on any atom is 0.248 e. The first-order valence-electron chi connectivity index (χ1n) is 7.88. The molecule has 2 aromatic heterocycles. The highest BCUT2D eigenvalue weighted by atomic mass is 16.5. The average Bonchev–Trinajstić information content (AvgIpc) is 2.63. The molecule has 8 nitrogen and oxygen atoms in total. The van der Waals surface area contributed by atoms with Gasteiger partial charge in [0.1, 0.15) is 18.2 Å². The molecule has 0 aromatic carbocycles. The lowest BCUT2D eigenvalue weighted by Crippen LogP contribution is -2.39. The van der Waals surface area contributed by atoms with E-state index >= 15 is 0 Å². The smallest absolute Gasteiger partial charge is 0.248 e. The fourth-order valence-corrected chi connectivity index (χ4v) is 2.77. The first-order chi connectivity index (χ1) is 11.8. The minimum absolute atomic E-state index is 0.0418. The van der Waals surface area contributed by atoms with E-state index in [4.69, 9.17) is 4.74 Å². The van der Waals surface area contributed by atoms with Crippen LogP contribution in [0, 0.1) is 0 Å². The van der Waals surface area contributed by atoms with Gasteiger partial charge in [-0.2, -0.15) is 0 Å². The van der Waals surface area contributed by atoms with Crippen LogP contribution >= 0.6 is 0 Å². The van der Waals surface area contributed by atoms with Gasteiger partial charge < -0.3 is 15.0 Å². The van der Waals surface area contributed by atoms with Crippen molar-refractivity contribution in [3.63, 3.8) is 0 Å². The van der Waals surface area contributed by atoms with Gasteiger partial charge in [-0.25, -0.2) is 9.97 Å². The van der Waals surface area contributed by atoms with Crippen LogP contribution in [0.15, 0.2) is 31.0 Å². The largest absolute Gasteiger partial charge is 0.375 e. The van der Waals surface area contributed by atoms with E-state index in [-0.39, 0.29) is 12.5 Å². The fraction of sp³-hybridized carbons (Fsp3) is 0.438. The Labute approximate surface area is 140 Å². The average molecular weight is 328 g/mol. The predicted molar refractivity (Wildman–Crippen MR) is 87.8 cm³/mol. The van der Waals surface area contributed by atoms with Gasteiger partial charge in [0.05, 0.1) is 18.1 Å². The Balaban J connectivity index is 1.62. The lowest BCUT2D eigenvalue weighted by molar-refractivity contribution is -0.136. The number of hydrogen-bond acceptors (Lipinski definition) is 7. The molecule has 1 saturated heterocycles. The van der Waals surface area contributed by atoms with Crippen molar-refractivity contribution in [2.45, 2.75) is 18.8 Å². The van der Waals surface area contributed by atoms with Crippen molar-refractivity contribution in [3.05, 3.63) is 36.7 Å². The van der Waals surface area contributed by atoms with E-state index in [0.717, 1.165) is 31.6 Å². The Bertz CT molecular complexity index is 673. The number of ether oxygens (including phenoxy) is 1. The van der Waals surface area contributed by atoms with Crippen LogP contribution in [0.2, 0.25) is 0 Å². The maximum atomic E-state index is 11.8. The highest BCUT2D eigenvalue weighted by Crippen LogP contribution is 2.27. The molecule has 0 bridgehead atoms. The Hall–Kier alpha value is -2.61. The molecule has 1 aliphatic heterocycles. The summed E-state index contributed by atoms with van der Waals surface area (Å²) in [7, 11) is 1.54. The number of nitrogens with zero attached hydrogens (tertiary/aromatic N) is 5. The minimum atomic E-state index is 0.0418. The number of carbonyl (C=O) groups excluding carboxylic acids is 1. The monoisotopic (exact) mass is 328 g/mol. The standard InChI is InChI=1S/C16H20N6O2/c1-24-11-16(23)22-6-2-12(3-7-22)13-8-18-10-15(20-13)21-14-9-17-4-5-19-14/h4-5,8-10,12H,2-3,6-7,11H2,1H3,(H,19,20,21). The van der Waals surface area contributed by atoms with Crippen molar-refractivity contribution >= 4 is 17.5 Å². The summed E-state index contributed by atoms with van der Waals surface area (Å²) in [6.45, 7) is 1.58.